The van der Waals surface area contributed by atoms with Crippen LogP contribution in [0.3, 0.4) is 0 Å². The second-order valence-corrected chi connectivity index (χ2v) is 11.2. The molecule has 0 saturated heterocycles. The molecule has 0 bridgehead atoms. The third-order valence-electron chi connectivity index (χ3n) is 6.88. The van der Waals surface area contributed by atoms with Crippen LogP contribution in [0.5, 0.6) is 11.5 Å². The summed E-state index contributed by atoms with van der Waals surface area (Å²) in [5.41, 5.74) is 0.943. The molecule has 0 amide bonds. The summed E-state index contributed by atoms with van der Waals surface area (Å²) < 4.78 is 117. The minimum atomic E-state index is -3.21. The van der Waals surface area contributed by atoms with E-state index < -0.39 is 53.6 Å². The lowest BCUT2D eigenvalue weighted by Crippen LogP contribution is -2.22. The minimum Gasteiger partial charge on any atom is -0.433 e. The maximum absolute atomic E-state index is 14.6. The van der Waals surface area contributed by atoms with Gasteiger partial charge in [-0.05, 0) is 88.2 Å². The summed E-state index contributed by atoms with van der Waals surface area (Å²) in [7, 11) is 0. The third-order valence-corrected chi connectivity index (χ3v) is 7.31. The smallest absolute Gasteiger partial charge is 0.387 e. The minimum absolute atomic E-state index is 0.00202. The van der Waals surface area contributed by atoms with E-state index >= 15 is 0 Å². The lowest BCUT2D eigenvalue weighted by atomic mass is 9.78. The molecule has 3 aromatic rings. The van der Waals surface area contributed by atoms with Gasteiger partial charge in [-0.15, -0.1) is 0 Å². The topological polar surface area (TPSA) is 18.5 Å². The van der Waals surface area contributed by atoms with Crippen molar-refractivity contribution in [2.75, 3.05) is 0 Å². The van der Waals surface area contributed by atoms with Crippen molar-refractivity contribution in [3.8, 4) is 11.5 Å². The Bertz CT molecular complexity index is 1370. The fourth-order valence-corrected chi connectivity index (χ4v) is 4.98. The van der Waals surface area contributed by atoms with E-state index in [0.717, 1.165) is 18.2 Å². The van der Waals surface area contributed by atoms with Crippen molar-refractivity contribution in [3.63, 3.8) is 0 Å². The highest BCUT2D eigenvalue weighted by atomic mass is 35.5. The Hall–Kier alpha value is -3.01. The maximum atomic E-state index is 14.6. The first-order valence-corrected chi connectivity index (χ1v) is 13.1. The molecular formula is C30H29ClF8O2. The van der Waals surface area contributed by atoms with Gasteiger partial charge >= 0.3 is 13.2 Å². The van der Waals surface area contributed by atoms with Gasteiger partial charge in [0.25, 0.3) is 0 Å². The van der Waals surface area contributed by atoms with Gasteiger partial charge in [0.15, 0.2) is 29.0 Å². The number of ether oxygens (including phenoxy) is 2. The maximum Gasteiger partial charge on any atom is 0.387 e. The molecule has 1 unspecified atom stereocenters. The van der Waals surface area contributed by atoms with Crippen molar-refractivity contribution >= 4 is 11.6 Å². The Kier molecular flexibility index (Phi) is 10.2. The molecule has 41 heavy (non-hydrogen) atoms. The molecular weight excluding hydrogens is 580 g/mol. The molecule has 0 aromatic heterocycles. The summed E-state index contributed by atoms with van der Waals surface area (Å²) in [5.74, 6) is -6.88. The van der Waals surface area contributed by atoms with Gasteiger partial charge in [0.05, 0.1) is 5.02 Å². The molecule has 0 aliphatic rings. The Morgan fingerprint density at radius 2 is 1.29 bits per heavy atom. The molecule has 0 heterocycles. The quantitative estimate of drug-likeness (QED) is 0.159. The summed E-state index contributed by atoms with van der Waals surface area (Å²) in [4.78, 5) is 0. The fraction of sp³-hybridized carbons (Fsp3) is 0.400. The van der Waals surface area contributed by atoms with Crippen LogP contribution < -0.4 is 9.47 Å². The average molecular weight is 609 g/mol. The third kappa shape index (κ3) is 7.84. The van der Waals surface area contributed by atoms with Crippen LogP contribution in [-0.2, 0) is 18.3 Å². The zero-order chi connectivity index (χ0) is 30.8. The second-order valence-electron chi connectivity index (χ2n) is 10.8. The zero-order valence-corrected chi connectivity index (χ0v) is 23.7. The highest BCUT2D eigenvalue weighted by Gasteiger charge is 2.28. The molecule has 2 nitrogen and oxygen atoms in total. The normalized spacial score (nSPS) is 12.9. The molecule has 0 saturated carbocycles. The Labute approximate surface area is 238 Å². The number of benzene rings is 3. The fourth-order valence-electron chi connectivity index (χ4n) is 4.76. The SMILES string of the molecule is CC(C)c1cc(OC(F)F)c(F)cc1CC(C)c1cc(CC(C)(C)c2cc(F)c(F)c(F)c2)c(Cl)c(OC(F)F)c1. The van der Waals surface area contributed by atoms with Crippen LogP contribution in [0, 0.1) is 23.3 Å². The van der Waals surface area contributed by atoms with Gasteiger partial charge in [-0.2, -0.15) is 17.6 Å². The van der Waals surface area contributed by atoms with Gasteiger partial charge in [-0.1, -0.05) is 52.3 Å². The summed E-state index contributed by atoms with van der Waals surface area (Å²) in [6.07, 6.45) is 0.189. The molecule has 0 aliphatic heterocycles. The van der Waals surface area contributed by atoms with Crippen molar-refractivity contribution < 1.29 is 44.6 Å². The zero-order valence-electron chi connectivity index (χ0n) is 22.9. The van der Waals surface area contributed by atoms with Crippen LogP contribution in [0.25, 0.3) is 0 Å². The molecule has 0 fully saturated rings. The van der Waals surface area contributed by atoms with Crippen LogP contribution in [0.15, 0.2) is 36.4 Å². The van der Waals surface area contributed by atoms with E-state index in [2.05, 4.69) is 9.47 Å². The largest absolute Gasteiger partial charge is 0.433 e. The van der Waals surface area contributed by atoms with Crippen LogP contribution in [0.2, 0.25) is 5.02 Å². The number of hydrogen-bond donors (Lipinski definition) is 0. The standard InChI is InChI=1S/C30H29ClF8O2/c1-14(2)20-12-24(40-28(36)37)21(32)8-17(20)6-15(3)16-7-18(26(31)25(9-16)41-29(38)39)13-30(4,5)19-10-22(33)27(35)23(34)11-19/h7-12,14-15,28-29H,6,13H2,1-5H3. The van der Waals surface area contributed by atoms with Gasteiger partial charge in [0.1, 0.15) is 5.75 Å². The predicted molar refractivity (Wildman–Crippen MR) is 140 cm³/mol. The van der Waals surface area contributed by atoms with Gasteiger partial charge < -0.3 is 9.47 Å². The molecule has 0 aliphatic carbocycles. The van der Waals surface area contributed by atoms with Gasteiger partial charge in [-0.3, -0.25) is 0 Å². The molecule has 11 heteroatoms. The molecule has 1 atom stereocenters. The van der Waals surface area contributed by atoms with Gasteiger partial charge in [-0.25, -0.2) is 17.6 Å². The van der Waals surface area contributed by atoms with Crippen molar-refractivity contribution in [2.45, 2.75) is 77.9 Å². The van der Waals surface area contributed by atoms with Crippen molar-refractivity contribution in [3.05, 3.63) is 92.5 Å². The van der Waals surface area contributed by atoms with E-state index in [4.69, 9.17) is 11.6 Å². The summed E-state index contributed by atoms with van der Waals surface area (Å²) >= 11 is 6.43. The van der Waals surface area contributed by atoms with Crippen molar-refractivity contribution in [1.29, 1.82) is 0 Å². The monoisotopic (exact) mass is 608 g/mol. The van der Waals surface area contributed by atoms with Gasteiger partial charge in [0.2, 0.25) is 0 Å². The Morgan fingerprint density at radius 1 is 0.732 bits per heavy atom. The summed E-state index contributed by atoms with van der Waals surface area (Å²) in [5, 5.41) is -0.139. The van der Waals surface area contributed by atoms with E-state index in [1.165, 1.54) is 12.1 Å². The molecule has 3 rings (SSSR count). The lowest BCUT2D eigenvalue weighted by molar-refractivity contribution is -0.0524. The lowest BCUT2D eigenvalue weighted by Gasteiger charge is -2.28. The highest BCUT2D eigenvalue weighted by molar-refractivity contribution is 6.32. The molecule has 3 aromatic carbocycles. The first-order valence-electron chi connectivity index (χ1n) is 12.7. The summed E-state index contributed by atoms with van der Waals surface area (Å²) in [6.45, 7) is 2.18. The van der Waals surface area contributed by atoms with E-state index in [1.54, 1.807) is 40.7 Å². The van der Waals surface area contributed by atoms with E-state index in [-0.39, 0.29) is 35.1 Å². The van der Waals surface area contributed by atoms with Crippen LogP contribution in [-0.4, -0.2) is 13.2 Å². The number of rotatable bonds is 11. The summed E-state index contributed by atoms with van der Waals surface area (Å²) in [6, 6.07) is 7.00. The van der Waals surface area contributed by atoms with E-state index in [9.17, 15) is 35.1 Å². The molecule has 0 radical (unpaired) electrons. The number of halogens is 9. The Balaban J connectivity index is 2.04. The van der Waals surface area contributed by atoms with Crippen molar-refractivity contribution in [2.24, 2.45) is 0 Å². The van der Waals surface area contributed by atoms with Crippen molar-refractivity contribution in [1.82, 2.24) is 0 Å². The predicted octanol–water partition coefficient (Wildman–Crippen LogP) is 10.1. The van der Waals surface area contributed by atoms with Crippen LogP contribution in [0.4, 0.5) is 35.1 Å². The van der Waals surface area contributed by atoms with E-state index in [1.807, 2.05) is 0 Å². The average Bonchev–Trinajstić information content (AvgIpc) is 2.85. The van der Waals surface area contributed by atoms with Gasteiger partial charge in [0, 0.05) is 0 Å². The Morgan fingerprint density at radius 3 is 1.83 bits per heavy atom. The number of hydrogen-bond acceptors (Lipinski definition) is 2. The first-order chi connectivity index (χ1) is 19.0. The molecule has 0 N–H and O–H groups in total. The number of alkyl halides is 4. The second kappa shape index (κ2) is 12.9. The van der Waals surface area contributed by atoms with E-state index in [0.29, 0.717) is 22.3 Å². The molecule has 0 spiro atoms. The molecule has 224 valence electrons. The van der Waals surface area contributed by atoms with Crippen LogP contribution in [0.1, 0.15) is 74.3 Å². The first kappa shape index (κ1) is 32.5. The van der Waals surface area contributed by atoms with Crippen LogP contribution >= 0.6 is 11.6 Å². The highest BCUT2D eigenvalue weighted by Crippen LogP contribution is 2.40.